The van der Waals surface area contributed by atoms with Gasteiger partial charge in [-0.2, -0.15) is 17.5 Å². The smallest absolute Gasteiger partial charge is 0.340 e. The van der Waals surface area contributed by atoms with E-state index in [-0.39, 0.29) is 18.0 Å². The van der Waals surface area contributed by atoms with Gasteiger partial charge in [0.15, 0.2) is 0 Å². The van der Waals surface area contributed by atoms with Crippen LogP contribution in [0, 0.1) is 6.92 Å². The predicted octanol–water partition coefficient (Wildman–Crippen LogP) is 7.15. The van der Waals surface area contributed by atoms with E-state index in [1.54, 1.807) is 0 Å². The zero-order chi connectivity index (χ0) is 26.4. The maximum atomic E-state index is 13.1. The Balaban J connectivity index is 1.46. The highest BCUT2D eigenvalue weighted by molar-refractivity contribution is 7.89. The highest BCUT2D eigenvalue weighted by atomic mass is 35.5. The van der Waals surface area contributed by atoms with Gasteiger partial charge in [-0.05, 0) is 60.9 Å². The van der Waals surface area contributed by atoms with Crippen LogP contribution >= 0.6 is 11.6 Å². The molecule has 0 bridgehead atoms. The molecule has 37 heavy (non-hydrogen) atoms. The molecule has 9 heteroatoms. The molecule has 5 rings (SSSR count). The van der Waals surface area contributed by atoms with Crippen LogP contribution in [0.4, 0.5) is 13.2 Å². The lowest BCUT2D eigenvalue weighted by Crippen LogP contribution is -2.34. The van der Waals surface area contributed by atoms with E-state index in [9.17, 15) is 21.6 Å². The minimum absolute atomic E-state index is 0.0873. The van der Waals surface area contributed by atoms with E-state index in [0.717, 1.165) is 45.4 Å². The molecule has 0 fully saturated rings. The fourth-order valence-corrected chi connectivity index (χ4v) is 6.44. The summed E-state index contributed by atoms with van der Waals surface area (Å²) in [6, 6.07) is 19.7. The number of hydrogen-bond acceptors (Lipinski definition) is 2. The number of alkyl halides is 3. The molecule has 3 aromatic carbocycles. The molecule has 0 amide bonds. The van der Waals surface area contributed by atoms with Crippen LogP contribution in [0.15, 0.2) is 83.8 Å². The molecule has 0 saturated heterocycles. The van der Waals surface area contributed by atoms with Crippen LogP contribution in [-0.4, -0.2) is 30.4 Å². The van der Waals surface area contributed by atoms with Gasteiger partial charge in [0, 0.05) is 46.8 Å². The third kappa shape index (κ3) is 4.93. The van der Waals surface area contributed by atoms with E-state index in [1.165, 1.54) is 10.4 Å². The molecule has 1 aromatic heterocycles. The summed E-state index contributed by atoms with van der Waals surface area (Å²) in [6.07, 6.45) is -2.29. The van der Waals surface area contributed by atoms with Crippen LogP contribution < -0.4 is 0 Å². The molecular weight excluding hydrogens is 521 g/mol. The van der Waals surface area contributed by atoms with Crippen LogP contribution in [0.25, 0.3) is 16.5 Å². The second-order valence-corrected chi connectivity index (χ2v) is 11.4. The first-order valence-corrected chi connectivity index (χ1v) is 13.6. The Morgan fingerprint density at radius 2 is 1.70 bits per heavy atom. The SMILES string of the molecule is Cc1c(C2=CCN(S(=O)(=O)c3cccc(C(F)(F)F)c3)CC2)c2ccccc2n1Cc1ccc(Cl)cc1. The number of benzene rings is 3. The molecule has 192 valence electrons. The van der Waals surface area contributed by atoms with Gasteiger partial charge in [0.1, 0.15) is 0 Å². The van der Waals surface area contributed by atoms with Gasteiger partial charge in [0.2, 0.25) is 10.0 Å². The molecule has 0 N–H and O–H groups in total. The van der Waals surface area contributed by atoms with Crippen molar-refractivity contribution in [2.75, 3.05) is 13.1 Å². The molecule has 0 unspecified atom stereocenters. The lowest BCUT2D eigenvalue weighted by Gasteiger charge is -2.26. The lowest BCUT2D eigenvalue weighted by molar-refractivity contribution is -0.137. The number of sulfonamides is 1. The summed E-state index contributed by atoms with van der Waals surface area (Å²) >= 11 is 6.05. The maximum Gasteiger partial charge on any atom is 0.416 e. The van der Waals surface area contributed by atoms with E-state index in [1.807, 2.05) is 42.5 Å². The van der Waals surface area contributed by atoms with E-state index >= 15 is 0 Å². The fourth-order valence-electron chi connectivity index (χ4n) is 4.89. The molecular formula is C28H24ClF3N2O2S. The van der Waals surface area contributed by atoms with Crippen LogP contribution in [0.1, 0.15) is 28.8 Å². The van der Waals surface area contributed by atoms with E-state index < -0.39 is 21.8 Å². The van der Waals surface area contributed by atoms with Crippen LogP contribution in [0.5, 0.6) is 0 Å². The number of para-hydroxylation sites is 1. The summed E-state index contributed by atoms with van der Waals surface area (Å²) in [5, 5.41) is 1.75. The first-order chi connectivity index (χ1) is 17.6. The van der Waals surface area contributed by atoms with Crippen LogP contribution in [0.2, 0.25) is 5.02 Å². The van der Waals surface area contributed by atoms with Crippen molar-refractivity contribution in [1.82, 2.24) is 8.87 Å². The predicted molar refractivity (Wildman–Crippen MR) is 140 cm³/mol. The van der Waals surface area contributed by atoms with Gasteiger partial charge in [-0.15, -0.1) is 0 Å². The zero-order valence-corrected chi connectivity index (χ0v) is 21.5. The van der Waals surface area contributed by atoms with Gasteiger partial charge >= 0.3 is 6.18 Å². The lowest BCUT2D eigenvalue weighted by atomic mass is 9.97. The quantitative estimate of drug-likeness (QED) is 0.268. The second-order valence-electron chi connectivity index (χ2n) is 9.06. The highest BCUT2D eigenvalue weighted by Crippen LogP contribution is 2.36. The molecule has 0 aliphatic carbocycles. The Hall–Kier alpha value is -3.07. The average Bonchev–Trinajstić information content (AvgIpc) is 3.16. The van der Waals surface area contributed by atoms with Crippen molar-refractivity contribution in [3.8, 4) is 0 Å². The number of nitrogens with zero attached hydrogens (tertiary/aromatic N) is 2. The van der Waals surface area contributed by atoms with Gasteiger partial charge in [-0.3, -0.25) is 0 Å². The molecule has 1 aliphatic heterocycles. The summed E-state index contributed by atoms with van der Waals surface area (Å²) in [5.74, 6) is 0. The number of fused-ring (bicyclic) bond motifs is 1. The van der Waals surface area contributed by atoms with Gasteiger partial charge in [-0.1, -0.05) is 54.1 Å². The van der Waals surface area contributed by atoms with Crippen molar-refractivity contribution in [2.24, 2.45) is 0 Å². The first kappa shape index (κ1) is 25.6. The van der Waals surface area contributed by atoms with Gasteiger partial charge in [0.05, 0.1) is 10.5 Å². The van der Waals surface area contributed by atoms with Gasteiger partial charge in [-0.25, -0.2) is 8.42 Å². The minimum Gasteiger partial charge on any atom is -0.340 e. The molecule has 0 atom stereocenters. The number of aromatic nitrogens is 1. The Morgan fingerprint density at radius 1 is 0.973 bits per heavy atom. The minimum atomic E-state index is -4.61. The van der Waals surface area contributed by atoms with Crippen LogP contribution in [-0.2, 0) is 22.7 Å². The molecule has 4 aromatic rings. The van der Waals surface area contributed by atoms with Crippen molar-refractivity contribution >= 4 is 38.1 Å². The summed E-state index contributed by atoms with van der Waals surface area (Å²) < 4.78 is 69.1. The standard InChI is InChI=1S/C28H24ClF3N2O2S/c1-19-27(25-7-2-3-8-26(25)34(19)18-20-9-11-23(29)12-10-20)21-13-15-33(16-14-21)37(35,36)24-6-4-5-22(17-24)28(30,31)32/h2-13,17H,14-16,18H2,1H3. The van der Waals surface area contributed by atoms with Gasteiger partial charge in [0.25, 0.3) is 0 Å². The molecule has 1 aliphatic rings. The third-order valence-corrected chi connectivity index (χ3v) is 8.89. The molecule has 2 heterocycles. The van der Waals surface area contributed by atoms with Crippen LogP contribution in [0.3, 0.4) is 0 Å². The number of rotatable bonds is 5. The molecule has 4 nitrogen and oxygen atoms in total. The molecule has 0 spiro atoms. The Labute approximate surface area is 218 Å². The number of hydrogen-bond donors (Lipinski definition) is 0. The molecule has 0 saturated carbocycles. The van der Waals surface area contributed by atoms with Gasteiger partial charge < -0.3 is 4.57 Å². The summed E-state index contributed by atoms with van der Waals surface area (Å²) in [7, 11) is -4.07. The third-order valence-electron chi connectivity index (χ3n) is 6.78. The summed E-state index contributed by atoms with van der Waals surface area (Å²) in [5.41, 5.74) is 4.36. The topological polar surface area (TPSA) is 42.3 Å². The maximum absolute atomic E-state index is 13.1. The van der Waals surface area contributed by atoms with Crippen molar-refractivity contribution < 1.29 is 21.6 Å². The van der Waals surface area contributed by atoms with Crippen molar-refractivity contribution in [1.29, 1.82) is 0 Å². The summed E-state index contributed by atoms with van der Waals surface area (Å²) in [4.78, 5) is -0.352. The zero-order valence-electron chi connectivity index (χ0n) is 20.0. The second kappa shape index (κ2) is 9.67. The Kier molecular flexibility index (Phi) is 6.68. The fraction of sp³-hybridized carbons (Fsp3) is 0.214. The van der Waals surface area contributed by atoms with Crippen molar-refractivity contribution in [3.05, 3.63) is 106 Å². The van der Waals surface area contributed by atoms with Crippen molar-refractivity contribution in [3.63, 3.8) is 0 Å². The molecule has 0 radical (unpaired) electrons. The van der Waals surface area contributed by atoms with E-state index in [0.29, 0.717) is 24.1 Å². The Morgan fingerprint density at radius 3 is 2.38 bits per heavy atom. The monoisotopic (exact) mass is 544 g/mol. The Bertz CT molecular complexity index is 1610. The first-order valence-electron chi connectivity index (χ1n) is 11.7. The number of halogens is 4. The summed E-state index contributed by atoms with van der Waals surface area (Å²) in [6.45, 7) is 2.98. The van der Waals surface area contributed by atoms with E-state index in [2.05, 4.69) is 23.6 Å². The normalized spacial score (nSPS) is 15.2. The van der Waals surface area contributed by atoms with E-state index in [4.69, 9.17) is 11.6 Å². The highest BCUT2D eigenvalue weighted by Gasteiger charge is 2.33. The van der Waals surface area contributed by atoms with Crippen molar-refractivity contribution in [2.45, 2.75) is 31.0 Å². The average molecular weight is 545 g/mol. The largest absolute Gasteiger partial charge is 0.416 e.